The number of pyridine rings is 1. The van der Waals surface area contributed by atoms with Gasteiger partial charge in [-0.2, -0.15) is 13.2 Å². The Bertz CT molecular complexity index is 832. The molecule has 0 saturated carbocycles. The minimum Gasteiger partial charge on any atom is -0.322 e. The number of nitrogens with zero attached hydrogens (tertiary/aromatic N) is 2. The molecule has 1 N–H and O–H groups in total. The maximum absolute atomic E-state index is 12.5. The van der Waals surface area contributed by atoms with Crippen LogP contribution in [0.1, 0.15) is 28.5 Å². The molecule has 1 aromatic heterocycles. The highest BCUT2D eigenvalue weighted by atomic mass is 19.4. The molecule has 0 radical (unpaired) electrons. The van der Waals surface area contributed by atoms with E-state index in [9.17, 15) is 22.8 Å². The van der Waals surface area contributed by atoms with Crippen LogP contribution in [-0.4, -0.2) is 23.3 Å². The summed E-state index contributed by atoms with van der Waals surface area (Å²) in [5.41, 5.74) is 1.22. The second-order valence-corrected chi connectivity index (χ2v) is 5.65. The lowest BCUT2D eigenvalue weighted by Gasteiger charge is -2.15. The van der Waals surface area contributed by atoms with Gasteiger partial charge in [-0.05, 0) is 42.3 Å². The number of hydrogen-bond acceptors (Lipinski definition) is 3. The van der Waals surface area contributed by atoms with E-state index < -0.39 is 17.8 Å². The van der Waals surface area contributed by atoms with Crippen LogP contribution in [0.25, 0.3) is 0 Å². The Hall–Kier alpha value is -2.90. The summed E-state index contributed by atoms with van der Waals surface area (Å²) in [5, 5.41) is 2.63. The first kappa shape index (κ1) is 16.9. The fourth-order valence-corrected chi connectivity index (χ4v) is 2.71. The molecular formula is C17H14F3N3O2. The Balaban J connectivity index is 1.75. The molecule has 2 aromatic rings. The third-order valence-electron chi connectivity index (χ3n) is 3.93. The van der Waals surface area contributed by atoms with Crippen LogP contribution >= 0.6 is 0 Å². The zero-order valence-electron chi connectivity index (χ0n) is 13.2. The van der Waals surface area contributed by atoms with Gasteiger partial charge in [-0.15, -0.1) is 0 Å². The van der Waals surface area contributed by atoms with Crippen molar-refractivity contribution in [3.05, 3.63) is 53.3 Å². The molecule has 0 bridgehead atoms. The number of halogens is 3. The average molecular weight is 349 g/mol. The molecule has 0 fully saturated rings. The summed E-state index contributed by atoms with van der Waals surface area (Å²) in [6.07, 6.45) is -2.97. The van der Waals surface area contributed by atoms with Gasteiger partial charge < -0.3 is 10.2 Å². The summed E-state index contributed by atoms with van der Waals surface area (Å²) >= 11 is 0. The van der Waals surface area contributed by atoms with Crippen LogP contribution < -0.4 is 10.2 Å². The first-order valence-corrected chi connectivity index (χ1v) is 7.51. The monoisotopic (exact) mass is 349 g/mol. The van der Waals surface area contributed by atoms with Crippen molar-refractivity contribution in [3.8, 4) is 0 Å². The van der Waals surface area contributed by atoms with E-state index in [1.54, 1.807) is 23.1 Å². The minimum absolute atomic E-state index is 0.0267. The van der Waals surface area contributed by atoms with E-state index >= 15 is 0 Å². The van der Waals surface area contributed by atoms with Crippen LogP contribution in [0.15, 0.2) is 36.5 Å². The standard InChI is InChI=1S/C17H14F3N3O2/c1-10(24)23-7-6-11-8-13(3-4-14(11)23)22-16(25)12-2-5-15(21-9-12)17(18,19)20/h2-5,8-9H,6-7H2,1H3,(H,22,25). The van der Waals surface area contributed by atoms with Gasteiger partial charge in [0, 0.05) is 31.0 Å². The van der Waals surface area contributed by atoms with E-state index in [-0.39, 0.29) is 11.5 Å². The molecule has 3 rings (SSSR count). The Morgan fingerprint density at radius 1 is 1.20 bits per heavy atom. The molecule has 25 heavy (non-hydrogen) atoms. The van der Waals surface area contributed by atoms with Crippen molar-refractivity contribution in [2.24, 2.45) is 0 Å². The van der Waals surface area contributed by atoms with Crippen molar-refractivity contribution in [2.75, 3.05) is 16.8 Å². The summed E-state index contributed by atoms with van der Waals surface area (Å²) in [6, 6.07) is 6.99. The zero-order chi connectivity index (χ0) is 18.2. The number of benzene rings is 1. The number of alkyl halides is 3. The van der Waals surface area contributed by atoms with Crippen LogP contribution in [-0.2, 0) is 17.4 Å². The van der Waals surface area contributed by atoms with E-state index in [4.69, 9.17) is 0 Å². The minimum atomic E-state index is -4.54. The number of rotatable bonds is 2. The number of carbonyl (C=O) groups is 2. The van der Waals surface area contributed by atoms with Crippen LogP contribution in [0.2, 0.25) is 0 Å². The van der Waals surface area contributed by atoms with Gasteiger partial charge in [0.1, 0.15) is 5.69 Å². The molecule has 0 spiro atoms. The summed E-state index contributed by atoms with van der Waals surface area (Å²) in [5.74, 6) is -0.603. The van der Waals surface area contributed by atoms with Gasteiger partial charge in [0.15, 0.2) is 0 Å². The summed E-state index contributed by atoms with van der Waals surface area (Å²) in [4.78, 5) is 28.6. The maximum atomic E-state index is 12.5. The van der Waals surface area contributed by atoms with E-state index in [1.165, 1.54) is 6.92 Å². The molecule has 0 unspecified atom stereocenters. The second kappa shape index (κ2) is 6.19. The number of nitrogens with one attached hydrogen (secondary N) is 1. The number of anilines is 2. The molecule has 8 heteroatoms. The fourth-order valence-electron chi connectivity index (χ4n) is 2.71. The highest BCUT2D eigenvalue weighted by Gasteiger charge is 2.32. The Labute approximate surface area is 141 Å². The number of hydrogen-bond donors (Lipinski definition) is 1. The zero-order valence-corrected chi connectivity index (χ0v) is 13.2. The Kier molecular flexibility index (Phi) is 4.20. The smallest absolute Gasteiger partial charge is 0.322 e. The van der Waals surface area contributed by atoms with Crippen molar-refractivity contribution >= 4 is 23.2 Å². The quantitative estimate of drug-likeness (QED) is 0.905. The summed E-state index contributed by atoms with van der Waals surface area (Å²) < 4.78 is 37.5. The lowest BCUT2D eigenvalue weighted by Crippen LogP contribution is -2.25. The van der Waals surface area contributed by atoms with Crippen LogP contribution in [0.4, 0.5) is 24.5 Å². The van der Waals surface area contributed by atoms with E-state index in [1.807, 2.05) is 0 Å². The average Bonchev–Trinajstić information content (AvgIpc) is 2.97. The first-order chi connectivity index (χ1) is 11.8. The molecule has 0 saturated heterocycles. The van der Waals surface area contributed by atoms with Gasteiger partial charge in [-0.1, -0.05) is 0 Å². The molecule has 1 aliphatic rings. The fraction of sp³-hybridized carbons (Fsp3) is 0.235. The van der Waals surface area contributed by atoms with Gasteiger partial charge in [0.05, 0.1) is 5.56 Å². The number of carbonyl (C=O) groups excluding carboxylic acids is 2. The maximum Gasteiger partial charge on any atom is 0.433 e. The molecule has 1 aliphatic heterocycles. The van der Waals surface area contributed by atoms with E-state index in [0.717, 1.165) is 29.6 Å². The van der Waals surface area contributed by atoms with Crippen LogP contribution in [0, 0.1) is 0 Å². The largest absolute Gasteiger partial charge is 0.433 e. The topological polar surface area (TPSA) is 62.3 Å². The van der Waals surface area contributed by atoms with Crippen molar-refractivity contribution in [1.29, 1.82) is 0 Å². The number of fused-ring (bicyclic) bond motifs is 1. The van der Waals surface area contributed by atoms with Crippen molar-refractivity contribution in [3.63, 3.8) is 0 Å². The molecular weight excluding hydrogens is 335 g/mol. The van der Waals surface area contributed by atoms with Crippen molar-refractivity contribution < 1.29 is 22.8 Å². The van der Waals surface area contributed by atoms with Crippen LogP contribution in [0.5, 0.6) is 0 Å². The highest BCUT2D eigenvalue weighted by molar-refractivity contribution is 6.04. The number of amides is 2. The predicted octanol–water partition coefficient (Wildman–Crippen LogP) is 3.26. The van der Waals surface area contributed by atoms with Gasteiger partial charge in [0.2, 0.25) is 5.91 Å². The SMILES string of the molecule is CC(=O)N1CCc2cc(NC(=O)c3ccc(C(F)(F)F)nc3)ccc21. The lowest BCUT2D eigenvalue weighted by molar-refractivity contribution is -0.141. The highest BCUT2D eigenvalue weighted by Crippen LogP contribution is 2.31. The second-order valence-electron chi connectivity index (χ2n) is 5.65. The predicted molar refractivity (Wildman–Crippen MR) is 85.4 cm³/mol. The normalized spacial score (nSPS) is 13.5. The van der Waals surface area contributed by atoms with E-state index in [2.05, 4.69) is 10.3 Å². The lowest BCUT2D eigenvalue weighted by atomic mass is 10.1. The Morgan fingerprint density at radius 3 is 2.56 bits per heavy atom. The molecule has 130 valence electrons. The van der Waals surface area contributed by atoms with Crippen molar-refractivity contribution in [2.45, 2.75) is 19.5 Å². The summed E-state index contributed by atoms with van der Waals surface area (Å²) in [7, 11) is 0. The van der Waals surface area contributed by atoms with Crippen molar-refractivity contribution in [1.82, 2.24) is 4.98 Å². The van der Waals surface area contributed by atoms with Crippen LogP contribution in [0.3, 0.4) is 0 Å². The van der Waals surface area contributed by atoms with Gasteiger partial charge in [0.25, 0.3) is 5.91 Å². The molecule has 5 nitrogen and oxygen atoms in total. The van der Waals surface area contributed by atoms with E-state index in [0.29, 0.717) is 18.7 Å². The molecule has 2 heterocycles. The first-order valence-electron chi connectivity index (χ1n) is 7.51. The summed E-state index contributed by atoms with van der Waals surface area (Å²) in [6.45, 7) is 2.08. The molecule has 0 atom stereocenters. The van der Waals surface area contributed by atoms with Gasteiger partial charge in [-0.25, -0.2) is 0 Å². The molecule has 0 aliphatic carbocycles. The number of aromatic nitrogens is 1. The molecule has 1 aromatic carbocycles. The third-order valence-corrected chi connectivity index (χ3v) is 3.93. The third kappa shape index (κ3) is 3.47. The van der Waals surface area contributed by atoms with Gasteiger partial charge in [-0.3, -0.25) is 14.6 Å². The molecule has 2 amide bonds. The van der Waals surface area contributed by atoms with Gasteiger partial charge >= 0.3 is 6.18 Å². The Morgan fingerprint density at radius 2 is 1.96 bits per heavy atom.